The van der Waals surface area contributed by atoms with E-state index in [4.69, 9.17) is 21.1 Å². The van der Waals surface area contributed by atoms with Gasteiger partial charge in [-0.1, -0.05) is 22.8 Å². The van der Waals surface area contributed by atoms with E-state index in [0.717, 1.165) is 0 Å². The fourth-order valence-corrected chi connectivity index (χ4v) is 3.11. The molecule has 0 spiro atoms. The van der Waals surface area contributed by atoms with Gasteiger partial charge in [0.1, 0.15) is 23.8 Å². The molecule has 1 aliphatic rings. The van der Waals surface area contributed by atoms with E-state index >= 15 is 0 Å². The molecule has 146 valence electrons. The highest BCUT2D eigenvalue weighted by Gasteiger charge is 2.29. The number of H-pyrrole nitrogens is 1. The predicted octanol–water partition coefficient (Wildman–Crippen LogP) is 2.33. The molecule has 1 aliphatic heterocycles. The van der Waals surface area contributed by atoms with E-state index in [1.54, 1.807) is 18.3 Å². The maximum atomic E-state index is 14.0. The van der Waals surface area contributed by atoms with Gasteiger partial charge in [0.05, 0.1) is 17.2 Å². The summed E-state index contributed by atoms with van der Waals surface area (Å²) in [4.78, 5) is 17.8. The molecule has 8 nitrogen and oxygen atoms in total. The van der Waals surface area contributed by atoms with Crippen molar-refractivity contribution in [2.75, 3.05) is 19.7 Å². The van der Waals surface area contributed by atoms with Crippen molar-refractivity contribution in [3.63, 3.8) is 0 Å². The van der Waals surface area contributed by atoms with Gasteiger partial charge in [-0.3, -0.25) is 14.5 Å². The lowest BCUT2D eigenvalue weighted by atomic mass is 10.0. The van der Waals surface area contributed by atoms with Gasteiger partial charge in [0.25, 0.3) is 0 Å². The number of nitrogens with zero attached hydrogens (tertiary/aromatic N) is 2. The second-order valence-corrected chi connectivity index (χ2v) is 6.55. The topological polar surface area (TPSA) is 102 Å². The van der Waals surface area contributed by atoms with Gasteiger partial charge in [-0.15, -0.1) is 0 Å². The third kappa shape index (κ3) is 3.91. The maximum Gasteiger partial charge on any atom is 0.439 e. The molecule has 0 bridgehead atoms. The molecule has 3 heterocycles. The van der Waals surface area contributed by atoms with Crippen molar-refractivity contribution in [3.8, 4) is 17.1 Å². The Kier molecular flexibility index (Phi) is 5.38. The largest absolute Gasteiger partial charge is 0.485 e. The number of aromatic nitrogens is 3. The SMILES string of the molecule is O=c1[nH]c(-c2cnccc2O[C@@H]2CNCCO[C@H]2c2ccc(Cl)c(F)c2)no1. The van der Waals surface area contributed by atoms with Crippen LogP contribution >= 0.6 is 11.6 Å². The lowest BCUT2D eigenvalue weighted by Gasteiger charge is -2.26. The standard InChI is InChI=1S/C18H16ClFN4O4/c19-12-2-1-10(7-13(12)20)16-15(9-22-5-6-26-16)27-14-3-4-21-8-11(14)17-23-18(25)28-24-17/h1-4,7-8,15-16,22H,5-6,9H2,(H,23,24,25)/t15-,16+/m1/s1. The van der Waals surface area contributed by atoms with Crippen LogP contribution in [0.3, 0.4) is 0 Å². The van der Waals surface area contributed by atoms with Crippen LogP contribution in [-0.2, 0) is 4.74 Å². The number of hydrogen-bond donors (Lipinski definition) is 2. The number of hydrogen-bond acceptors (Lipinski definition) is 7. The van der Waals surface area contributed by atoms with E-state index in [9.17, 15) is 9.18 Å². The van der Waals surface area contributed by atoms with Crippen molar-refractivity contribution in [2.24, 2.45) is 0 Å². The summed E-state index contributed by atoms with van der Waals surface area (Å²) in [5.41, 5.74) is 1.07. The zero-order chi connectivity index (χ0) is 19.5. The number of ether oxygens (including phenoxy) is 2. The smallest absolute Gasteiger partial charge is 0.439 e. The van der Waals surface area contributed by atoms with Crippen LogP contribution in [0.25, 0.3) is 11.4 Å². The van der Waals surface area contributed by atoms with Crippen LogP contribution in [0.1, 0.15) is 11.7 Å². The number of benzene rings is 1. The molecular weight excluding hydrogens is 391 g/mol. The van der Waals surface area contributed by atoms with Crippen molar-refractivity contribution in [1.29, 1.82) is 0 Å². The van der Waals surface area contributed by atoms with Crippen LogP contribution in [0.4, 0.5) is 4.39 Å². The molecule has 2 aromatic heterocycles. The molecule has 10 heteroatoms. The van der Waals surface area contributed by atoms with E-state index in [2.05, 4.69) is 25.0 Å². The molecule has 0 amide bonds. The summed E-state index contributed by atoms with van der Waals surface area (Å²) in [5, 5.41) is 6.95. The first kappa shape index (κ1) is 18.6. The van der Waals surface area contributed by atoms with E-state index in [1.165, 1.54) is 18.3 Å². The molecule has 4 rings (SSSR count). The summed E-state index contributed by atoms with van der Waals surface area (Å²) in [5.74, 6) is -0.580. The normalized spacial score (nSPS) is 19.9. The zero-order valence-electron chi connectivity index (χ0n) is 14.5. The molecule has 2 atom stereocenters. The Balaban J connectivity index is 1.66. The summed E-state index contributed by atoms with van der Waals surface area (Å²) in [6, 6.07) is 6.19. The van der Waals surface area contributed by atoms with E-state index in [0.29, 0.717) is 36.6 Å². The minimum Gasteiger partial charge on any atom is -0.485 e. The van der Waals surface area contributed by atoms with E-state index in [1.807, 2.05) is 0 Å². The third-order valence-electron chi connectivity index (χ3n) is 4.29. The number of rotatable bonds is 4. The molecule has 1 fully saturated rings. The average molecular weight is 407 g/mol. The predicted molar refractivity (Wildman–Crippen MR) is 97.7 cm³/mol. The Hall–Kier alpha value is -2.75. The van der Waals surface area contributed by atoms with Gasteiger partial charge < -0.3 is 14.8 Å². The summed E-state index contributed by atoms with van der Waals surface area (Å²) in [6.07, 6.45) is 2.05. The minimum absolute atomic E-state index is 0.0411. The van der Waals surface area contributed by atoms with Crippen molar-refractivity contribution in [3.05, 3.63) is 63.6 Å². The van der Waals surface area contributed by atoms with Gasteiger partial charge in [0.2, 0.25) is 0 Å². The van der Waals surface area contributed by atoms with Crippen molar-refractivity contribution in [1.82, 2.24) is 20.4 Å². The third-order valence-corrected chi connectivity index (χ3v) is 4.59. The molecule has 0 unspecified atom stereocenters. The van der Waals surface area contributed by atoms with Crippen molar-refractivity contribution >= 4 is 11.6 Å². The Morgan fingerprint density at radius 2 is 2.21 bits per heavy atom. The summed E-state index contributed by atoms with van der Waals surface area (Å²) in [7, 11) is 0. The highest BCUT2D eigenvalue weighted by Crippen LogP contribution is 2.32. The molecule has 1 aromatic carbocycles. The van der Waals surface area contributed by atoms with Gasteiger partial charge in [0, 0.05) is 25.5 Å². The van der Waals surface area contributed by atoms with Crippen molar-refractivity contribution in [2.45, 2.75) is 12.2 Å². The first-order chi connectivity index (χ1) is 13.6. The first-order valence-corrected chi connectivity index (χ1v) is 8.94. The number of halogens is 2. The molecule has 0 aliphatic carbocycles. The van der Waals surface area contributed by atoms with Crippen LogP contribution in [0, 0.1) is 5.82 Å². The fourth-order valence-electron chi connectivity index (χ4n) is 2.99. The number of nitrogens with one attached hydrogen (secondary N) is 2. The maximum absolute atomic E-state index is 14.0. The first-order valence-electron chi connectivity index (χ1n) is 8.56. The van der Waals surface area contributed by atoms with E-state index < -0.39 is 23.8 Å². The quantitative estimate of drug-likeness (QED) is 0.685. The number of pyridine rings is 1. The van der Waals surface area contributed by atoms with Gasteiger partial charge >= 0.3 is 5.76 Å². The zero-order valence-corrected chi connectivity index (χ0v) is 15.3. The number of aromatic amines is 1. The summed E-state index contributed by atoms with van der Waals surface area (Å²) in [6.45, 7) is 1.53. The molecule has 1 saturated heterocycles. The summed E-state index contributed by atoms with van der Waals surface area (Å²) < 4.78 is 30.6. The molecular formula is C18H16ClFN4O4. The van der Waals surface area contributed by atoms with Gasteiger partial charge in [0.15, 0.2) is 5.82 Å². The minimum atomic E-state index is -0.682. The average Bonchev–Trinajstić information content (AvgIpc) is 2.99. The lowest BCUT2D eigenvalue weighted by molar-refractivity contribution is -0.00837. The van der Waals surface area contributed by atoms with Crippen LogP contribution in [-0.4, -0.2) is 40.9 Å². The van der Waals surface area contributed by atoms with Gasteiger partial charge in [-0.2, -0.15) is 0 Å². The summed E-state index contributed by atoms with van der Waals surface area (Å²) >= 11 is 5.80. The molecule has 28 heavy (non-hydrogen) atoms. The lowest BCUT2D eigenvalue weighted by Crippen LogP contribution is -2.34. The van der Waals surface area contributed by atoms with Gasteiger partial charge in [-0.25, -0.2) is 9.18 Å². The van der Waals surface area contributed by atoms with Crippen LogP contribution in [0.2, 0.25) is 5.02 Å². The Morgan fingerprint density at radius 1 is 1.32 bits per heavy atom. The van der Waals surface area contributed by atoms with Crippen LogP contribution < -0.4 is 15.8 Å². The Bertz CT molecular complexity index is 1020. The molecule has 0 saturated carbocycles. The molecule has 3 aromatic rings. The Morgan fingerprint density at radius 3 is 3.00 bits per heavy atom. The monoisotopic (exact) mass is 406 g/mol. The van der Waals surface area contributed by atoms with E-state index in [-0.39, 0.29) is 10.8 Å². The van der Waals surface area contributed by atoms with Crippen LogP contribution in [0.15, 0.2) is 46.0 Å². The second-order valence-electron chi connectivity index (χ2n) is 6.14. The van der Waals surface area contributed by atoms with Gasteiger partial charge in [-0.05, 0) is 23.8 Å². The fraction of sp³-hybridized carbons (Fsp3) is 0.278. The Labute approximate surface area is 163 Å². The molecule has 0 radical (unpaired) electrons. The van der Waals surface area contributed by atoms with Crippen LogP contribution in [0.5, 0.6) is 5.75 Å². The second kappa shape index (κ2) is 8.09. The molecule has 2 N–H and O–H groups in total. The highest BCUT2D eigenvalue weighted by molar-refractivity contribution is 6.30. The van der Waals surface area contributed by atoms with Crippen molar-refractivity contribution < 1.29 is 18.4 Å². The highest BCUT2D eigenvalue weighted by atomic mass is 35.5.